The molecule has 1 aromatic carbocycles. The number of hydrogen-bond donors (Lipinski definition) is 2. The number of alkyl halides is 1. The summed E-state index contributed by atoms with van der Waals surface area (Å²) < 4.78 is 36.3. The van der Waals surface area contributed by atoms with Gasteiger partial charge < -0.3 is 25.0 Å². The van der Waals surface area contributed by atoms with E-state index in [1.165, 1.54) is 4.57 Å². The molecule has 7 nitrogen and oxygen atoms in total. The van der Waals surface area contributed by atoms with Gasteiger partial charge in [0.1, 0.15) is 17.4 Å². The van der Waals surface area contributed by atoms with Crippen LogP contribution in [0.5, 0.6) is 5.75 Å². The molecule has 9 heteroatoms. The Balaban J connectivity index is 2.05. The Bertz CT molecular complexity index is 1040. The van der Waals surface area contributed by atoms with Crippen LogP contribution < -0.4 is 20.8 Å². The first-order valence-electron chi connectivity index (χ1n) is 9.66. The quantitative estimate of drug-likeness (QED) is 0.789. The van der Waals surface area contributed by atoms with Gasteiger partial charge >= 0.3 is 5.97 Å². The van der Waals surface area contributed by atoms with Gasteiger partial charge in [0, 0.05) is 31.7 Å². The number of benzene rings is 1. The van der Waals surface area contributed by atoms with Gasteiger partial charge in [-0.15, -0.1) is 0 Å². The van der Waals surface area contributed by atoms with E-state index in [1.54, 1.807) is 11.8 Å². The van der Waals surface area contributed by atoms with Gasteiger partial charge in [-0.25, -0.2) is 13.6 Å². The highest BCUT2D eigenvalue weighted by atomic mass is 19.1. The third kappa shape index (κ3) is 3.13. The van der Waals surface area contributed by atoms with Crippen molar-refractivity contribution in [2.24, 2.45) is 11.7 Å². The van der Waals surface area contributed by atoms with Crippen molar-refractivity contribution in [3.05, 3.63) is 33.9 Å². The zero-order chi connectivity index (χ0) is 21.0. The monoisotopic (exact) mass is 407 g/mol. The Morgan fingerprint density at radius 3 is 2.62 bits per heavy atom. The van der Waals surface area contributed by atoms with Crippen LogP contribution in [-0.2, 0) is 0 Å². The lowest BCUT2D eigenvalue weighted by Gasteiger charge is -2.25. The van der Waals surface area contributed by atoms with Gasteiger partial charge in [-0.2, -0.15) is 0 Å². The van der Waals surface area contributed by atoms with Gasteiger partial charge in [0.2, 0.25) is 5.43 Å². The minimum Gasteiger partial charge on any atom is -0.489 e. The van der Waals surface area contributed by atoms with Crippen molar-refractivity contribution in [1.29, 1.82) is 0 Å². The molecule has 0 bridgehead atoms. The van der Waals surface area contributed by atoms with Gasteiger partial charge in [0.25, 0.3) is 0 Å². The lowest BCUT2D eigenvalue weighted by Crippen LogP contribution is -2.29. The number of nitrogens with zero attached hydrogens (tertiary/aromatic N) is 2. The number of pyridine rings is 1. The van der Waals surface area contributed by atoms with Crippen LogP contribution in [0.2, 0.25) is 0 Å². The van der Waals surface area contributed by atoms with Crippen molar-refractivity contribution in [3.8, 4) is 5.75 Å². The molecule has 0 radical (unpaired) electrons. The molecule has 4 rings (SSSR count). The SMILES string of the molecule is CCOc1c(N2CC(C)C(N)C2)c(F)cc2c(=O)c(C(=O)O)cn([C@@H]3C[C@@H]3F)c12. The second kappa shape index (κ2) is 6.98. The van der Waals surface area contributed by atoms with Crippen molar-refractivity contribution in [2.45, 2.75) is 38.5 Å². The van der Waals surface area contributed by atoms with Crippen molar-refractivity contribution >= 4 is 22.6 Å². The molecule has 2 heterocycles. The summed E-state index contributed by atoms with van der Waals surface area (Å²) >= 11 is 0. The first-order chi connectivity index (χ1) is 13.7. The second-order valence-electron chi connectivity index (χ2n) is 7.81. The molecule has 4 atom stereocenters. The number of carboxylic acids is 1. The minimum absolute atomic E-state index is 0.122. The number of carboxylic acid groups (broad SMARTS) is 1. The minimum atomic E-state index is -1.44. The summed E-state index contributed by atoms with van der Waals surface area (Å²) in [6, 6.07) is 0.269. The number of aromatic nitrogens is 1. The molecule has 1 aliphatic carbocycles. The lowest BCUT2D eigenvalue weighted by molar-refractivity contribution is 0.0694. The molecule has 1 saturated heterocycles. The number of aromatic carboxylic acids is 1. The first-order valence-corrected chi connectivity index (χ1v) is 9.66. The van der Waals surface area contributed by atoms with Crippen molar-refractivity contribution in [3.63, 3.8) is 0 Å². The molecule has 2 aliphatic rings. The number of hydrogen-bond acceptors (Lipinski definition) is 5. The van der Waals surface area contributed by atoms with E-state index in [0.717, 1.165) is 12.3 Å². The third-order valence-electron chi connectivity index (χ3n) is 5.74. The molecule has 1 aliphatic heterocycles. The highest BCUT2D eigenvalue weighted by Gasteiger charge is 2.41. The maximum absolute atomic E-state index is 15.2. The number of fused-ring (bicyclic) bond motifs is 1. The van der Waals surface area contributed by atoms with E-state index in [4.69, 9.17) is 10.5 Å². The number of ether oxygens (including phenoxy) is 1. The zero-order valence-electron chi connectivity index (χ0n) is 16.2. The zero-order valence-corrected chi connectivity index (χ0v) is 16.2. The van der Waals surface area contributed by atoms with Crippen molar-refractivity contribution in [2.75, 3.05) is 24.6 Å². The molecule has 0 spiro atoms. The van der Waals surface area contributed by atoms with Gasteiger partial charge in [0.05, 0.1) is 23.6 Å². The molecule has 2 unspecified atom stereocenters. The number of anilines is 1. The Labute approximate surface area is 165 Å². The van der Waals surface area contributed by atoms with Crippen LogP contribution in [-0.4, -0.2) is 47.6 Å². The standard InChI is InChI=1S/C20H23F2N3O4/c1-3-29-19-16-10(4-13(22)17(19)24-6-9(2)14(23)8-24)18(26)11(20(27)28)7-25(16)15-5-12(15)21/h4,7,9,12,14-15H,3,5-6,8,23H2,1-2H3,(H,27,28)/t9?,12-,14?,15+/m0/s1. The van der Waals surface area contributed by atoms with Gasteiger partial charge in [0.15, 0.2) is 11.6 Å². The fourth-order valence-electron chi connectivity index (χ4n) is 4.05. The molecule has 1 saturated carbocycles. The molecular formula is C20H23F2N3O4. The van der Waals surface area contributed by atoms with E-state index < -0.39 is 35.0 Å². The summed E-state index contributed by atoms with van der Waals surface area (Å²) in [6.45, 7) is 4.81. The molecular weight excluding hydrogens is 384 g/mol. The van der Waals surface area contributed by atoms with Gasteiger partial charge in [-0.05, 0) is 18.9 Å². The highest BCUT2D eigenvalue weighted by molar-refractivity contribution is 5.97. The summed E-state index contributed by atoms with van der Waals surface area (Å²) in [4.78, 5) is 26.1. The van der Waals surface area contributed by atoms with Crippen LogP contribution in [0.25, 0.3) is 10.9 Å². The summed E-state index contributed by atoms with van der Waals surface area (Å²) in [5.41, 5.74) is 5.15. The van der Waals surface area contributed by atoms with E-state index in [0.29, 0.717) is 13.1 Å². The molecule has 2 fully saturated rings. The average molecular weight is 407 g/mol. The molecule has 2 aromatic rings. The lowest BCUT2D eigenvalue weighted by atomic mass is 10.1. The van der Waals surface area contributed by atoms with Crippen LogP contribution in [0.4, 0.5) is 14.5 Å². The second-order valence-corrected chi connectivity index (χ2v) is 7.81. The summed E-state index contributed by atoms with van der Waals surface area (Å²) in [5, 5.41) is 9.26. The van der Waals surface area contributed by atoms with E-state index in [2.05, 4.69) is 0 Å². The molecule has 0 amide bonds. The normalized spacial score (nSPS) is 26.2. The summed E-state index contributed by atoms with van der Waals surface area (Å²) in [6.07, 6.45) is 0.173. The molecule has 29 heavy (non-hydrogen) atoms. The maximum Gasteiger partial charge on any atom is 0.341 e. The van der Waals surface area contributed by atoms with E-state index in [-0.39, 0.29) is 47.3 Å². The van der Waals surface area contributed by atoms with E-state index in [9.17, 15) is 19.1 Å². The number of nitrogens with two attached hydrogens (primary N) is 1. The predicted molar refractivity (Wildman–Crippen MR) is 104 cm³/mol. The first kappa shape index (κ1) is 19.6. The molecule has 1 aromatic heterocycles. The van der Waals surface area contributed by atoms with Crippen LogP contribution in [0.1, 0.15) is 36.7 Å². The van der Waals surface area contributed by atoms with Gasteiger partial charge in [-0.1, -0.05) is 6.92 Å². The Morgan fingerprint density at radius 2 is 2.10 bits per heavy atom. The van der Waals surface area contributed by atoms with E-state index >= 15 is 4.39 Å². The van der Waals surface area contributed by atoms with E-state index in [1.807, 2.05) is 6.92 Å². The number of rotatable bonds is 5. The summed E-state index contributed by atoms with van der Waals surface area (Å²) in [5.74, 6) is -1.88. The van der Waals surface area contributed by atoms with Crippen LogP contribution in [0, 0.1) is 11.7 Å². The number of carbonyl (C=O) groups is 1. The largest absolute Gasteiger partial charge is 0.489 e. The maximum atomic E-state index is 15.2. The average Bonchev–Trinajstić information content (AvgIpc) is 3.28. The number of halogens is 2. The highest BCUT2D eigenvalue weighted by Crippen LogP contribution is 2.46. The summed E-state index contributed by atoms with van der Waals surface area (Å²) in [7, 11) is 0. The molecule has 156 valence electrons. The Kier molecular flexibility index (Phi) is 4.72. The van der Waals surface area contributed by atoms with Crippen molar-refractivity contribution < 1.29 is 23.4 Å². The predicted octanol–water partition coefficient (Wildman–Crippen LogP) is 2.30. The smallest absolute Gasteiger partial charge is 0.341 e. The molecule has 3 N–H and O–H groups in total. The van der Waals surface area contributed by atoms with Crippen molar-refractivity contribution in [1.82, 2.24) is 4.57 Å². The van der Waals surface area contributed by atoms with Crippen LogP contribution in [0.15, 0.2) is 17.1 Å². The van der Waals surface area contributed by atoms with Crippen LogP contribution >= 0.6 is 0 Å². The third-order valence-corrected chi connectivity index (χ3v) is 5.74. The Morgan fingerprint density at radius 1 is 1.41 bits per heavy atom. The fourth-order valence-corrected chi connectivity index (χ4v) is 4.05. The Hall–Kier alpha value is -2.68. The fraction of sp³-hybridized carbons (Fsp3) is 0.500. The topological polar surface area (TPSA) is 97.8 Å². The van der Waals surface area contributed by atoms with Crippen LogP contribution in [0.3, 0.4) is 0 Å². The van der Waals surface area contributed by atoms with Gasteiger partial charge in [-0.3, -0.25) is 4.79 Å².